The molecule has 0 radical (unpaired) electrons. The number of carbonyl (C=O) groups excluding carboxylic acids is 2. The standard InChI is InChI=1S/C17H17N3O4/c1-23-15-9-13(10-19-20-17(22)16(18)21)7-8-14(15)24-11-12-5-3-2-4-6-12/h2-10H,11H2,1H3,(H2,18,21)(H,20,22)/b19-10-. The number of ether oxygens (including phenoxy) is 2. The van der Waals surface area contributed by atoms with Crippen LogP contribution in [0, 0.1) is 0 Å². The Morgan fingerprint density at radius 3 is 2.58 bits per heavy atom. The van der Waals surface area contributed by atoms with E-state index in [0.29, 0.717) is 23.7 Å². The average molecular weight is 327 g/mol. The highest BCUT2D eigenvalue weighted by molar-refractivity contribution is 6.34. The number of methoxy groups -OCH3 is 1. The van der Waals surface area contributed by atoms with E-state index in [-0.39, 0.29) is 0 Å². The molecule has 0 saturated heterocycles. The van der Waals surface area contributed by atoms with Crippen molar-refractivity contribution >= 4 is 18.0 Å². The van der Waals surface area contributed by atoms with Crippen molar-refractivity contribution in [1.82, 2.24) is 5.43 Å². The van der Waals surface area contributed by atoms with Gasteiger partial charge in [0.1, 0.15) is 6.61 Å². The van der Waals surface area contributed by atoms with Crippen LogP contribution in [0.2, 0.25) is 0 Å². The van der Waals surface area contributed by atoms with Gasteiger partial charge in [-0.25, -0.2) is 5.43 Å². The number of nitrogens with two attached hydrogens (primary N) is 1. The van der Waals surface area contributed by atoms with E-state index < -0.39 is 11.8 Å². The Balaban J connectivity index is 2.03. The van der Waals surface area contributed by atoms with E-state index in [2.05, 4.69) is 5.10 Å². The number of nitrogens with zero attached hydrogens (tertiary/aromatic N) is 1. The smallest absolute Gasteiger partial charge is 0.329 e. The molecule has 0 unspecified atom stereocenters. The molecular weight excluding hydrogens is 310 g/mol. The zero-order valence-corrected chi connectivity index (χ0v) is 13.1. The largest absolute Gasteiger partial charge is 0.493 e. The third-order valence-corrected chi connectivity index (χ3v) is 3.03. The number of rotatable bonds is 6. The van der Waals surface area contributed by atoms with Crippen LogP contribution in [-0.2, 0) is 16.2 Å². The lowest BCUT2D eigenvalue weighted by atomic mass is 10.2. The highest BCUT2D eigenvalue weighted by Crippen LogP contribution is 2.28. The maximum absolute atomic E-state index is 11.0. The second kappa shape index (κ2) is 8.33. The van der Waals surface area contributed by atoms with Crippen LogP contribution >= 0.6 is 0 Å². The Morgan fingerprint density at radius 2 is 1.92 bits per heavy atom. The molecule has 2 aromatic rings. The molecule has 3 N–H and O–H groups in total. The van der Waals surface area contributed by atoms with Gasteiger partial charge in [0.15, 0.2) is 11.5 Å². The summed E-state index contributed by atoms with van der Waals surface area (Å²) in [5.74, 6) is -0.980. The minimum Gasteiger partial charge on any atom is -0.493 e. The topological polar surface area (TPSA) is 103 Å². The van der Waals surface area contributed by atoms with Gasteiger partial charge < -0.3 is 15.2 Å². The lowest BCUT2D eigenvalue weighted by Crippen LogP contribution is -2.32. The fourth-order valence-corrected chi connectivity index (χ4v) is 1.84. The zero-order chi connectivity index (χ0) is 17.4. The number of nitrogens with one attached hydrogen (secondary N) is 1. The van der Waals surface area contributed by atoms with Gasteiger partial charge in [0.05, 0.1) is 13.3 Å². The minimum absolute atomic E-state index is 0.416. The van der Waals surface area contributed by atoms with Gasteiger partial charge in [-0.3, -0.25) is 9.59 Å². The number of hydrogen-bond acceptors (Lipinski definition) is 5. The van der Waals surface area contributed by atoms with Crippen molar-refractivity contribution in [3.63, 3.8) is 0 Å². The summed E-state index contributed by atoms with van der Waals surface area (Å²) in [6.07, 6.45) is 1.37. The van der Waals surface area contributed by atoms with Crippen molar-refractivity contribution in [2.24, 2.45) is 10.8 Å². The van der Waals surface area contributed by atoms with Crippen LogP contribution in [-0.4, -0.2) is 25.1 Å². The number of benzene rings is 2. The zero-order valence-electron chi connectivity index (χ0n) is 13.1. The molecule has 0 aliphatic carbocycles. The first-order chi connectivity index (χ1) is 11.6. The van der Waals surface area contributed by atoms with Crippen LogP contribution in [0.4, 0.5) is 0 Å². The summed E-state index contributed by atoms with van der Waals surface area (Å²) < 4.78 is 11.0. The van der Waals surface area contributed by atoms with Crippen LogP contribution in [0.3, 0.4) is 0 Å². The fraction of sp³-hybridized carbons (Fsp3) is 0.118. The first-order valence-corrected chi connectivity index (χ1v) is 7.07. The lowest BCUT2D eigenvalue weighted by molar-refractivity contribution is -0.137. The molecule has 0 heterocycles. The van der Waals surface area contributed by atoms with Crippen LogP contribution in [0.5, 0.6) is 11.5 Å². The van der Waals surface area contributed by atoms with Gasteiger partial charge in [-0.1, -0.05) is 30.3 Å². The molecule has 2 rings (SSSR count). The van der Waals surface area contributed by atoms with E-state index in [0.717, 1.165) is 5.56 Å². The minimum atomic E-state index is -1.10. The number of amides is 2. The quantitative estimate of drug-likeness (QED) is 0.473. The number of hydrogen-bond donors (Lipinski definition) is 2. The summed E-state index contributed by atoms with van der Waals surface area (Å²) >= 11 is 0. The Hall–Kier alpha value is -3.35. The third kappa shape index (κ3) is 4.84. The summed E-state index contributed by atoms with van der Waals surface area (Å²) in [5.41, 5.74) is 8.51. The molecule has 24 heavy (non-hydrogen) atoms. The Labute approximate surface area is 139 Å². The molecule has 0 fully saturated rings. The average Bonchev–Trinajstić information content (AvgIpc) is 2.61. The van der Waals surface area contributed by atoms with Gasteiger partial charge in [-0.15, -0.1) is 0 Å². The van der Waals surface area contributed by atoms with Crippen molar-refractivity contribution in [3.8, 4) is 11.5 Å². The van der Waals surface area contributed by atoms with Gasteiger partial charge in [-0.2, -0.15) is 5.10 Å². The summed E-state index contributed by atoms with van der Waals surface area (Å²) in [6, 6.07) is 14.9. The van der Waals surface area contributed by atoms with E-state index in [4.69, 9.17) is 15.2 Å². The molecule has 0 atom stereocenters. The van der Waals surface area contributed by atoms with Crippen molar-refractivity contribution in [2.75, 3.05) is 7.11 Å². The highest BCUT2D eigenvalue weighted by Gasteiger charge is 2.07. The number of primary amides is 1. The van der Waals surface area contributed by atoms with E-state index >= 15 is 0 Å². The van der Waals surface area contributed by atoms with Gasteiger partial charge >= 0.3 is 11.8 Å². The fourth-order valence-electron chi connectivity index (χ4n) is 1.84. The molecule has 2 amide bonds. The summed E-state index contributed by atoms with van der Waals surface area (Å²) in [4.78, 5) is 21.6. The van der Waals surface area contributed by atoms with E-state index in [9.17, 15) is 9.59 Å². The maximum Gasteiger partial charge on any atom is 0.329 e. The maximum atomic E-state index is 11.0. The van der Waals surface area contributed by atoms with E-state index in [1.165, 1.54) is 13.3 Å². The van der Waals surface area contributed by atoms with E-state index in [1.54, 1.807) is 18.2 Å². The molecule has 0 spiro atoms. The van der Waals surface area contributed by atoms with Gasteiger partial charge in [-0.05, 0) is 29.3 Å². The van der Waals surface area contributed by atoms with E-state index in [1.807, 2.05) is 35.8 Å². The van der Waals surface area contributed by atoms with Crippen molar-refractivity contribution in [1.29, 1.82) is 0 Å². The molecule has 0 aliphatic heterocycles. The lowest BCUT2D eigenvalue weighted by Gasteiger charge is -2.11. The highest BCUT2D eigenvalue weighted by atomic mass is 16.5. The normalized spacial score (nSPS) is 10.4. The third-order valence-electron chi connectivity index (χ3n) is 3.03. The predicted octanol–water partition coefficient (Wildman–Crippen LogP) is 1.21. The molecular formula is C17H17N3O4. The molecule has 7 heteroatoms. The van der Waals surface area contributed by atoms with Gasteiger partial charge in [0, 0.05) is 0 Å². The molecule has 0 aromatic heterocycles. The van der Waals surface area contributed by atoms with Crippen molar-refractivity contribution in [2.45, 2.75) is 6.61 Å². The molecule has 2 aromatic carbocycles. The number of carbonyl (C=O) groups is 2. The first kappa shape index (κ1) is 17.0. The molecule has 7 nitrogen and oxygen atoms in total. The monoisotopic (exact) mass is 327 g/mol. The van der Waals surface area contributed by atoms with Crippen LogP contribution in [0.15, 0.2) is 53.6 Å². The SMILES string of the molecule is COc1cc(/C=N\NC(=O)C(N)=O)ccc1OCc1ccccc1. The molecule has 0 aliphatic rings. The number of hydrazone groups is 1. The molecule has 0 saturated carbocycles. The second-order valence-corrected chi connectivity index (χ2v) is 4.75. The summed E-state index contributed by atoms with van der Waals surface area (Å²) in [5, 5.41) is 3.64. The molecule has 124 valence electrons. The van der Waals surface area contributed by atoms with Crippen LogP contribution in [0.25, 0.3) is 0 Å². The van der Waals surface area contributed by atoms with Gasteiger partial charge in [0.2, 0.25) is 0 Å². The molecule has 0 bridgehead atoms. The Kier molecular flexibility index (Phi) is 5.90. The predicted molar refractivity (Wildman–Crippen MR) is 88.7 cm³/mol. The first-order valence-electron chi connectivity index (χ1n) is 7.07. The summed E-state index contributed by atoms with van der Waals surface area (Å²) in [6.45, 7) is 0.416. The van der Waals surface area contributed by atoms with Crippen LogP contribution in [0.1, 0.15) is 11.1 Å². The Morgan fingerprint density at radius 1 is 1.17 bits per heavy atom. The Bertz CT molecular complexity index is 745. The van der Waals surface area contributed by atoms with Crippen molar-refractivity contribution in [3.05, 3.63) is 59.7 Å². The van der Waals surface area contributed by atoms with Crippen molar-refractivity contribution < 1.29 is 19.1 Å². The van der Waals surface area contributed by atoms with Gasteiger partial charge in [0.25, 0.3) is 0 Å². The summed E-state index contributed by atoms with van der Waals surface area (Å²) in [7, 11) is 1.53. The van der Waals surface area contributed by atoms with Crippen LogP contribution < -0.4 is 20.6 Å². The second-order valence-electron chi connectivity index (χ2n) is 4.75.